The highest BCUT2D eigenvalue weighted by atomic mass is 32.2. The van der Waals surface area contributed by atoms with Crippen molar-refractivity contribution >= 4 is 23.4 Å². The van der Waals surface area contributed by atoms with E-state index in [0.717, 1.165) is 18.0 Å². The average Bonchev–Trinajstić information content (AvgIpc) is 2.28. The molecule has 0 unspecified atom stereocenters. The van der Waals surface area contributed by atoms with Crippen LogP contribution in [0.1, 0.15) is 0 Å². The lowest BCUT2D eigenvalue weighted by molar-refractivity contribution is -0.119. The topological polar surface area (TPSA) is 41.1 Å². The van der Waals surface area contributed by atoms with Crippen molar-refractivity contribution in [3.63, 3.8) is 0 Å². The lowest BCUT2D eigenvalue weighted by Crippen LogP contribution is -2.31. The lowest BCUT2D eigenvalue weighted by atomic mass is 10.3. The number of hydrogen-bond donors (Lipinski definition) is 2. The molecule has 0 saturated carbocycles. The van der Waals surface area contributed by atoms with E-state index in [1.54, 1.807) is 11.8 Å². The van der Waals surface area contributed by atoms with Gasteiger partial charge in [0.05, 0.1) is 6.54 Å². The summed E-state index contributed by atoms with van der Waals surface area (Å²) < 4.78 is 0. The summed E-state index contributed by atoms with van der Waals surface area (Å²) in [5, 5.41) is 5.88. The van der Waals surface area contributed by atoms with Crippen LogP contribution in [0.4, 0.5) is 5.69 Å². The van der Waals surface area contributed by atoms with Crippen molar-refractivity contribution in [2.45, 2.75) is 0 Å². The summed E-state index contributed by atoms with van der Waals surface area (Å²) in [6, 6.07) is 9.70. The second-order valence-corrected chi connectivity index (χ2v) is 4.05. The molecule has 3 nitrogen and oxygen atoms in total. The van der Waals surface area contributed by atoms with Gasteiger partial charge in [0, 0.05) is 18.0 Å². The number of rotatable bonds is 6. The average molecular weight is 224 g/mol. The third-order valence-corrected chi connectivity index (χ3v) is 2.47. The molecule has 1 aromatic rings. The summed E-state index contributed by atoms with van der Waals surface area (Å²) in [6.07, 6.45) is 2.02. The highest BCUT2D eigenvalue weighted by Crippen LogP contribution is 2.03. The first kappa shape index (κ1) is 11.9. The number of amides is 1. The first-order chi connectivity index (χ1) is 7.33. The third kappa shape index (κ3) is 5.32. The van der Waals surface area contributed by atoms with Crippen molar-refractivity contribution in [1.29, 1.82) is 0 Å². The Balaban J connectivity index is 2.17. The number of hydrogen-bond acceptors (Lipinski definition) is 3. The first-order valence-electron chi connectivity index (χ1n) is 4.87. The van der Waals surface area contributed by atoms with Crippen LogP contribution < -0.4 is 10.6 Å². The van der Waals surface area contributed by atoms with Gasteiger partial charge in [-0.2, -0.15) is 11.8 Å². The summed E-state index contributed by atoms with van der Waals surface area (Å²) in [5.74, 6) is 0.991. The Labute approximate surface area is 94.6 Å². The maximum absolute atomic E-state index is 11.3. The quantitative estimate of drug-likeness (QED) is 0.721. The predicted octanol–water partition coefficient (Wildman–Crippen LogP) is 1.58. The largest absolute Gasteiger partial charge is 0.376 e. The molecule has 0 saturated heterocycles. The van der Waals surface area contributed by atoms with Crippen LogP contribution in [0.15, 0.2) is 30.3 Å². The summed E-state index contributed by atoms with van der Waals surface area (Å²) >= 11 is 1.72. The SMILES string of the molecule is CSCCNC(=O)CNc1ccccc1. The van der Waals surface area contributed by atoms with Crippen LogP contribution >= 0.6 is 11.8 Å². The number of nitrogens with one attached hydrogen (secondary N) is 2. The maximum Gasteiger partial charge on any atom is 0.239 e. The van der Waals surface area contributed by atoms with Gasteiger partial charge in [-0.15, -0.1) is 0 Å². The highest BCUT2D eigenvalue weighted by Gasteiger charge is 1.98. The molecule has 15 heavy (non-hydrogen) atoms. The van der Waals surface area contributed by atoms with Crippen molar-refractivity contribution in [2.24, 2.45) is 0 Å². The van der Waals surface area contributed by atoms with Gasteiger partial charge in [-0.1, -0.05) is 18.2 Å². The van der Waals surface area contributed by atoms with E-state index < -0.39 is 0 Å². The van der Waals surface area contributed by atoms with Gasteiger partial charge in [0.1, 0.15) is 0 Å². The molecule has 0 fully saturated rings. The van der Waals surface area contributed by atoms with E-state index in [1.807, 2.05) is 36.6 Å². The molecular formula is C11H16N2OS. The van der Waals surface area contributed by atoms with Crippen LogP contribution in [0.2, 0.25) is 0 Å². The van der Waals surface area contributed by atoms with Gasteiger partial charge in [0.2, 0.25) is 5.91 Å². The molecule has 1 amide bonds. The fourth-order valence-electron chi connectivity index (χ4n) is 1.09. The molecule has 4 heteroatoms. The Kier molecular flexibility index (Phi) is 5.70. The minimum Gasteiger partial charge on any atom is -0.376 e. The van der Waals surface area contributed by atoms with Crippen molar-refractivity contribution in [1.82, 2.24) is 5.32 Å². The Morgan fingerprint density at radius 2 is 2.07 bits per heavy atom. The van der Waals surface area contributed by atoms with Crippen LogP contribution in [-0.4, -0.2) is 31.0 Å². The Morgan fingerprint density at radius 3 is 2.73 bits per heavy atom. The van der Waals surface area contributed by atoms with E-state index in [1.165, 1.54) is 0 Å². The molecule has 0 aliphatic carbocycles. The van der Waals surface area contributed by atoms with Crippen LogP contribution in [0.5, 0.6) is 0 Å². The fraction of sp³-hybridized carbons (Fsp3) is 0.364. The molecule has 0 atom stereocenters. The van der Waals surface area contributed by atoms with Gasteiger partial charge in [0.25, 0.3) is 0 Å². The highest BCUT2D eigenvalue weighted by molar-refractivity contribution is 7.98. The van der Waals surface area contributed by atoms with Crippen molar-refractivity contribution in [3.05, 3.63) is 30.3 Å². The zero-order valence-electron chi connectivity index (χ0n) is 8.82. The van der Waals surface area contributed by atoms with E-state index in [2.05, 4.69) is 10.6 Å². The summed E-state index contributed by atoms with van der Waals surface area (Å²) in [5.41, 5.74) is 0.970. The molecule has 0 aromatic heterocycles. The summed E-state index contributed by atoms with van der Waals surface area (Å²) in [4.78, 5) is 11.3. The molecule has 0 spiro atoms. The van der Waals surface area contributed by atoms with Gasteiger partial charge in [-0.25, -0.2) is 0 Å². The lowest BCUT2D eigenvalue weighted by Gasteiger charge is -2.06. The third-order valence-electron chi connectivity index (χ3n) is 1.86. The monoisotopic (exact) mass is 224 g/mol. The molecule has 0 heterocycles. The number of anilines is 1. The van der Waals surface area contributed by atoms with Gasteiger partial charge in [-0.05, 0) is 18.4 Å². The van der Waals surface area contributed by atoms with Crippen LogP contribution in [-0.2, 0) is 4.79 Å². The van der Waals surface area contributed by atoms with Crippen LogP contribution in [0.25, 0.3) is 0 Å². The maximum atomic E-state index is 11.3. The molecule has 0 aliphatic heterocycles. The van der Waals surface area contributed by atoms with E-state index >= 15 is 0 Å². The number of para-hydroxylation sites is 1. The van der Waals surface area contributed by atoms with Gasteiger partial charge in [0.15, 0.2) is 0 Å². The Hall–Kier alpha value is -1.16. The van der Waals surface area contributed by atoms with Crippen molar-refractivity contribution in [2.75, 3.05) is 30.4 Å². The minimum atomic E-state index is 0.0351. The Morgan fingerprint density at radius 1 is 1.33 bits per heavy atom. The molecule has 0 aliphatic rings. The van der Waals surface area contributed by atoms with E-state index in [4.69, 9.17) is 0 Å². The molecule has 1 rings (SSSR count). The number of benzene rings is 1. The molecule has 0 radical (unpaired) electrons. The molecule has 0 bridgehead atoms. The van der Waals surface area contributed by atoms with Crippen molar-refractivity contribution < 1.29 is 4.79 Å². The number of carbonyl (C=O) groups excluding carboxylic acids is 1. The molecule has 1 aromatic carbocycles. The zero-order chi connectivity index (χ0) is 10.9. The first-order valence-corrected chi connectivity index (χ1v) is 6.27. The van der Waals surface area contributed by atoms with Gasteiger partial charge in [-0.3, -0.25) is 4.79 Å². The Bertz CT molecular complexity index is 290. The smallest absolute Gasteiger partial charge is 0.239 e. The second-order valence-electron chi connectivity index (χ2n) is 3.06. The summed E-state index contributed by atoms with van der Waals surface area (Å²) in [7, 11) is 0. The van der Waals surface area contributed by atoms with Gasteiger partial charge >= 0.3 is 0 Å². The molecule has 82 valence electrons. The normalized spacial score (nSPS) is 9.67. The second kappa shape index (κ2) is 7.17. The predicted molar refractivity (Wildman–Crippen MR) is 66.3 cm³/mol. The molecular weight excluding hydrogens is 208 g/mol. The van der Waals surface area contributed by atoms with Crippen LogP contribution in [0.3, 0.4) is 0 Å². The number of carbonyl (C=O) groups is 1. The zero-order valence-corrected chi connectivity index (χ0v) is 9.64. The van der Waals surface area contributed by atoms with Crippen LogP contribution in [0, 0.1) is 0 Å². The van der Waals surface area contributed by atoms with E-state index in [9.17, 15) is 4.79 Å². The standard InChI is InChI=1S/C11H16N2OS/c1-15-8-7-12-11(14)9-13-10-5-3-2-4-6-10/h2-6,13H,7-9H2,1H3,(H,12,14). The van der Waals surface area contributed by atoms with Gasteiger partial charge < -0.3 is 10.6 Å². The summed E-state index contributed by atoms with van der Waals surface area (Å²) in [6.45, 7) is 1.06. The van der Waals surface area contributed by atoms with E-state index in [-0.39, 0.29) is 5.91 Å². The number of thioether (sulfide) groups is 1. The minimum absolute atomic E-state index is 0.0351. The van der Waals surface area contributed by atoms with Crippen molar-refractivity contribution in [3.8, 4) is 0 Å². The molecule has 2 N–H and O–H groups in total. The fourth-order valence-corrected chi connectivity index (χ4v) is 1.40. The van der Waals surface area contributed by atoms with E-state index in [0.29, 0.717) is 6.54 Å².